The van der Waals surface area contributed by atoms with Gasteiger partial charge in [-0.1, -0.05) is 18.2 Å². The zero-order chi connectivity index (χ0) is 13.9. The van der Waals surface area contributed by atoms with Gasteiger partial charge >= 0.3 is 0 Å². The fourth-order valence-electron chi connectivity index (χ4n) is 2.99. The lowest BCUT2D eigenvalue weighted by molar-refractivity contribution is -0.132. The number of hydrogen-bond acceptors (Lipinski definition) is 3. The monoisotopic (exact) mass is 273 g/mol. The number of nitrogens with one attached hydrogen (secondary N) is 1. The van der Waals surface area contributed by atoms with Crippen molar-refractivity contribution in [3.05, 3.63) is 34.9 Å². The number of carbonyl (C=O) groups excluding carboxylic acids is 1. The summed E-state index contributed by atoms with van der Waals surface area (Å²) in [6.45, 7) is 5.70. The van der Waals surface area contributed by atoms with Crippen molar-refractivity contribution in [2.75, 3.05) is 39.8 Å². The minimum absolute atomic E-state index is 0.266. The van der Waals surface area contributed by atoms with Gasteiger partial charge in [0, 0.05) is 32.7 Å². The molecule has 20 heavy (non-hydrogen) atoms. The van der Waals surface area contributed by atoms with E-state index in [1.807, 2.05) is 4.90 Å². The second kappa shape index (κ2) is 5.94. The molecule has 0 radical (unpaired) electrons. The minimum Gasteiger partial charge on any atom is -0.340 e. The van der Waals surface area contributed by atoms with Gasteiger partial charge in [-0.15, -0.1) is 0 Å². The predicted octanol–water partition coefficient (Wildman–Crippen LogP) is 0.649. The maximum atomic E-state index is 12.3. The number of nitrogens with zero attached hydrogens (tertiary/aromatic N) is 2. The van der Waals surface area contributed by atoms with Crippen molar-refractivity contribution < 1.29 is 4.79 Å². The number of fused-ring (bicyclic) bond motifs is 1. The zero-order valence-electron chi connectivity index (χ0n) is 12.2. The van der Waals surface area contributed by atoms with E-state index in [0.29, 0.717) is 6.42 Å². The maximum Gasteiger partial charge on any atom is 0.227 e. The van der Waals surface area contributed by atoms with Gasteiger partial charge in [0.2, 0.25) is 5.91 Å². The van der Waals surface area contributed by atoms with Crippen LogP contribution in [0.3, 0.4) is 0 Å². The topological polar surface area (TPSA) is 35.6 Å². The molecular weight excluding hydrogens is 250 g/mol. The minimum atomic E-state index is 0.266. The Kier molecular flexibility index (Phi) is 4.03. The third kappa shape index (κ3) is 3.02. The van der Waals surface area contributed by atoms with Crippen molar-refractivity contribution in [1.82, 2.24) is 15.1 Å². The molecule has 2 aliphatic rings. The van der Waals surface area contributed by atoms with Crippen LogP contribution < -0.4 is 5.32 Å². The highest BCUT2D eigenvalue weighted by molar-refractivity contribution is 5.79. The molecule has 1 aromatic carbocycles. The van der Waals surface area contributed by atoms with Crippen LogP contribution in [-0.2, 0) is 24.2 Å². The van der Waals surface area contributed by atoms with E-state index in [4.69, 9.17) is 0 Å². The molecule has 0 bridgehead atoms. The Hall–Kier alpha value is -1.39. The Labute approximate surface area is 120 Å². The van der Waals surface area contributed by atoms with Crippen LogP contribution in [0.2, 0.25) is 0 Å². The average Bonchev–Trinajstić information content (AvgIpc) is 2.48. The Morgan fingerprint density at radius 2 is 2.00 bits per heavy atom. The van der Waals surface area contributed by atoms with Crippen molar-refractivity contribution in [1.29, 1.82) is 0 Å². The first-order valence-corrected chi connectivity index (χ1v) is 7.50. The summed E-state index contributed by atoms with van der Waals surface area (Å²) in [5, 5.41) is 3.39. The van der Waals surface area contributed by atoms with Gasteiger partial charge < -0.3 is 15.1 Å². The van der Waals surface area contributed by atoms with Crippen molar-refractivity contribution in [3.63, 3.8) is 0 Å². The fourth-order valence-corrected chi connectivity index (χ4v) is 2.99. The van der Waals surface area contributed by atoms with Crippen LogP contribution in [0.15, 0.2) is 18.2 Å². The Morgan fingerprint density at radius 3 is 2.80 bits per heavy atom. The van der Waals surface area contributed by atoms with E-state index >= 15 is 0 Å². The first-order chi connectivity index (χ1) is 9.72. The molecule has 0 unspecified atom stereocenters. The predicted molar refractivity (Wildman–Crippen MR) is 79.6 cm³/mol. The van der Waals surface area contributed by atoms with Crippen LogP contribution in [0.1, 0.15) is 16.7 Å². The van der Waals surface area contributed by atoms with E-state index in [0.717, 1.165) is 51.3 Å². The Bertz CT molecular complexity index is 492. The average molecular weight is 273 g/mol. The van der Waals surface area contributed by atoms with Gasteiger partial charge in [0.15, 0.2) is 0 Å². The number of rotatable bonds is 2. The summed E-state index contributed by atoms with van der Waals surface area (Å²) in [6.07, 6.45) is 1.64. The molecule has 1 fully saturated rings. The normalized spacial score (nSPS) is 19.8. The van der Waals surface area contributed by atoms with E-state index in [2.05, 4.69) is 35.5 Å². The van der Waals surface area contributed by atoms with Crippen molar-refractivity contribution in [2.24, 2.45) is 0 Å². The molecule has 1 aromatic rings. The molecule has 1 amide bonds. The molecule has 1 N–H and O–H groups in total. The summed E-state index contributed by atoms with van der Waals surface area (Å²) in [7, 11) is 2.11. The SMILES string of the molecule is CN1CCN(C(=O)Cc2ccc3c(c2)CNCC3)CC1. The standard InChI is InChI=1S/C16H23N3O/c1-18-6-8-19(9-7-18)16(20)11-13-2-3-14-4-5-17-12-15(14)10-13/h2-3,10,17H,4-9,11-12H2,1H3. The largest absolute Gasteiger partial charge is 0.340 e. The van der Waals surface area contributed by atoms with E-state index in [1.165, 1.54) is 11.1 Å². The van der Waals surface area contributed by atoms with Gasteiger partial charge in [0.05, 0.1) is 6.42 Å². The third-order valence-electron chi connectivity index (χ3n) is 4.37. The molecule has 1 saturated heterocycles. The highest BCUT2D eigenvalue weighted by atomic mass is 16.2. The number of amides is 1. The molecule has 108 valence electrons. The molecule has 0 aliphatic carbocycles. The van der Waals surface area contributed by atoms with Crippen LogP contribution in [0, 0.1) is 0 Å². The van der Waals surface area contributed by atoms with Crippen LogP contribution in [0.25, 0.3) is 0 Å². The van der Waals surface area contributed by atoms with Crippen molar-refractivity contribution >= 4 is 5.91 Å². The molecule has 0 saturated carbocycles. The smallest absolute Gasteiger partial charge is 0.227 e. The summed E-state index contributed by atoms with van der Waals surface area (Å²) >= 11 is 0. The highest BCUT2D eigenvalue weighted by Crippen LogP contribution is 2.17. The molecule has 2 heterocycles. The first-order valence-electron chi connectivity index (χ1n) is 7.50. The molecule has 0 spiro atoms. The second-order valence-electron chi connectivity index (χ2n) is 5.89. The second-order valence-corrected chi connectivity index (χ2v) is 5.89. The number of benzene rings is 1. The Balaban J connectivity index is 1.64. The summed E-state index contributed by atoms with van der Waals surface area (Å²) < 4.78 is 0. The maximum absolute atomic E-state index is 12.3. The van der Waals surface area contributed by atoms with Gasteiger partial charge in [-0.05, 0) is 36.7 Å². The number of likely N-dealkylation sites (N-methyl/N-ethyl adjacent to an activating group) is 1. The molecule has 0 aromatic heterocycles. The van der Waals surface area contributed by atoms with Gasteiger partial charge in [-0.2, -0.15) is 0 Å². The molecule has 0 atom stereocenters. The Morgan fingerprint density at radius 1 is 1.20 bits per heavy atom. The molecule has 4 nitrogen and oxygen atoms in total. The van der Waals surface area contributed by atoms with E-state index in [9.17, 15) is 4.79 Å². The van der Waals surface area contributed by atoms with Gasteiger partial charge in [-0.3, -0.25) is 4.79 Å². The van der Waals surface area contributed by atoms with E-state index in [1.54, 1.807) is 0 Å². The van der Waals surface area contributed by atoms with Crippen LogP contribution in [-0.4, -0.2) is 55.5 Å². The lowest BCUT2D eigenvalue weighted by Gasteiger charge is -2.32. The van der Waals surface area contributed by atoms with E-state index < -0.39 is 0 Å². The van der Waals surface area contributed by atoms with Crippen molar-refractivity contribution in [3.8, 4) is 0 Å². The number of piperazine rings is 1. The summed E-state index contributed by atoms with van der Waals surface area (Å²) in [4.78, 5) is 16.6. The van der Waals surface area contributed by atoms with Crippen LogP contribution in [0.4, 0.5) is 0 Å². The zero-order valence-corrected chi connectivity index (χ0v) is 12.2. The molecular formula is C16H23N3O. The quantitative estimate of drug-likeness (QED) is 0.859. The molecule has 3 rings (SSSR count). The van der Waals surface area contributed by atoms with Gasteiger partial charge in [-0.25, -0.2) is 0 Å². The molecule has 4 heteroatoms. The lowest BCUT2D eigenvalue weighted by Crippen LogP contribution is -2.47. The van der Waals surface area contributed by atoms with Gasteiger partial charge in [0.1, 0.15) is 0 Å². The summed E-state index contributed by atoms with van der Waals surface area (Å²) in [6, 6.07) is 6.52. The van der Waals surface area contributed by atoms with Crippen molar-refractivity contribution in [2.45, 2.75) is 19.4 Å². The number of carbonyl (C=O) groups is 1. The van der Waals surface area contributed by atoms with Crippen LogP contribution >= 0.6 is 0 Å². The van der Waals surface area contributed by atoms with Gasteiger partial charge in [0.25, 0.3) is 0 Å². The van der Waals surface area contributed by atoms with E-state index in [-0.39, 0.29) is 5.91 Å². The third-order valence-corrected chi connectivity index (χ3v) is 4.37. The highest BCUT2D eigenvalue weighted by Gasteiger charge is 2.19. The van der Waals surface area contributed by atoms with Crippen LogP contribution in [0.5, 0.6) is 0 Å². The fraction of sp³-hybridized carbons (Fsp3) is 0.562. The molecule has 2 aliphatic heterocycles. The summed E-state index contributed by atoms with van der Waals surface area (Å²) in [5.74, 6) is 0.266. The summed E-state index contributed by atoms with van der Waals surface area (Å²) in [5.41, 5.74) is 3.94. The first kappa shape index (κ1) is 13.6. The number of hydrogen-bond donors (Lipinski definition) is 1. The lowest BCUT2D eigenvalue weighted by atomic mass is 9.97.